The fraction of sp³-hybridized carbons (Fsp3) is 0.391. The highest BCUT2D eigenvalue weighted by Gasteiger charge is 2.31. The SMILES string of the molecule is NC(=O)CCC(NC(=O)C(CC(=O)O)NC(=O)C(CS)NC(=O)C(N)Cc1c[nH]c2ccccc12)C(=O)O. The number of nitrogens with two attached hydrogens (primary N) is 2. The minimum Gasteiger partial charge on any atom is -0.481 e. The second-order valence-corrected chi connectivity index (χ2v) is 8.84. The van der Waals surface area contributed by atoms with Gasteiger partial charge in [0.05, 0.1) is 12.5 Å². The van der Waals surface area contributed by atoms with Crippen molar-refractivity contribution in [3.05, 3.63) is 36.0 Å². The van der Waals surface area contributed by atoms with Gasteiger partial charge in [0.25, 0.3) is 0 Å². The van der Waals surface area contributed by atoms with Gasteiger partial charge in [-0.05, 0) is 24.5 Å². The van der Waals surface area contributed by atoms with Crippen molar-refractivity contribution < 1.29 is 39.0 Å². The lowest BCUT2D eigenvalue weighted by Gasteiger charge is -2.23. The number of hydrogen-bond acceptors (Lipinski definition) is 8. The van der Waals surface area contributed by atoms with Crippen molar-refractivity contribution in [3.63, 3.8) is 0 Å². The standard InChI is InChI=1S/C23H30N6O8S/c24-13(7-11-9-26-14-4-2-1-3-12(11)14)20(33)29-17(10-38)22(35)28-16(8-19(31)32)21(34)27-15(23(36)37)5-6-18(25)30/h1-4,9,13,15-17,26,38H,5-8,10,24H2,(H2,25,30)(H,27,34)(H,28,35)(H,29,33)(H,31,32)(H,36,37). The van der Waals surface area contributed by atoms with Crippen LogP contribution >= 0.6 is 12.6 Å². The van der Waals surface area contributed by atoms with Crippen LogP contribution in [0.15, 0.2) is 30.5 Å². The number of carbonyl (C=O) groups is 6. The van der Waals surface area contributed by atoms with Gasteiger partial charge in [0, 0.05) is 29.3 Å². The van der Waals surface area contributed by atoms with Crippen LogP contribution in [-0.4, -0.2) is 80.7 Å². The Morgan fingerprint density at radius 1 is 0.921 bits per heavy atom. The maximum Gasteiger partial charge on any atom is 0.326 e. The van der Waals surface area contributed by atoms with Gasteiger partial charge in [-0.2, -0.15) is 12.6 Å². The first-order chi connectivity index (χ1) is 17.9. The molecule has 0 aliphatic rings. The van der Waals surface area contributed by atoms with Crippen LogP contribution in [-0.2, 0) is 35.2 Å². The zero-order chi connectivity index (χ0) is 28.4. The number of aromatic amines is 1. The molecule has 1 aromatic carbocycles. The number of carboxylic acid groups (broad SMARTS) is 2. The molecule has 206 valence electrons. The number of carbonyl (C=O) groups excluding carboxylic acids is 4. The van der Waals surface area contributed by atoms with E-state index in [1.54, 1.807) is 6.20 Å². The average Bonchev–Trinajstić information content (AvgIpc) is 3.26. The molecule has 0 spiro atoms. The zero-order valence-corrected chi connectivity index (χ0v) is 21.1. The van der Waals surface area contributed by atoms with Crippen molar-refractivity contribution in [1.29, 1.82) is 0 Å². The van der Waals surface area contributed by atoms with Gasteiger partial charge in [-0.25, -0.2) is 4.79 Å². The highest BCUT2D eigenvalue weighted by Crippen LogP contribution is 2.18. The number of hydrogen-bond donors (Lipinski definition) is 9. The number of aromatic nitrogens is 1. The molecule has 1 heterocycles. The molecule has 0 saturated heterocycles. The number of carboxylic acids is 2. The Labute approximate surface area is 222 Å². The number of thiol groups is 1. The van der Waals surface area contributed by atoms with Crippen LogP contribution in [0.2, 0.25) is 0 Å². The molecular weight excluding hydrogens is 520 g/mol. The smallest absolute Gasteiger partial charge is 0.326 e. The summed E-state index contributed by atoms with van der Waals surface area (Å²) in [6.07, 6.45) is 0.312. The van der Waals surface area contributed by atoms with E-state index in [2.05, 4.69) is 33.6 Å². The van der Waals surface area contributed by atoms with Gasteiger partial charge in [-0.1, -0.05) is 18.2 Å². The lowest BCUT2D eigenvalue weighted by molar-refractivity contribution is -0.143. The number of H-pyrrole nitrogens is 1. The first kappa shape index (κ1) is 30.1. The third-order valence-corrected chi connectivity index (χ3v) is 5.94. The van der Waals surface area contributed by atoms with E-state index in [-0.39, 0.29) is 25.0 Å². The summed E-state index contributed by atoms with van der Waals surface area (Å²) in [5.41, 5.74) is 12.7. The molecule has 0 saturated carbocycles. The highest BCUT2D eigenvalue weighted by atomic mass is 32.1. The number of amides is 4. The topological polar surface area (TPSA) is 247 Å². The molecular formula is C23H30N6O8S. The summed E-state index contributed by atoms with van der Waals surface area (Å²) in [6, 6.07) is 1.87. The van der Waals surface area contributed by atoms with Gasteiger partial charge >= 0.3 is 11.9 Å². The van der Waals surface area contributed by atoms with Gasteiger partial charge in [0.2, 0.25) is 23.6 Å². The summed E-state index contributed by atoms with van der Waals surface area (Å²) < 4.78 is 0. The van der Waals surface area contributed by atoms with Crippen LogP contribution in [0.4, 0.5) is 0 Å². The Bertz CT molecular complexity index is 1200. The number of para-hydroxylation sites is 1. The summed E-state index contributed by atoms with van der Waals surface area (Å²) in [6.45, 7) is 0. The summed E-state index contributed by atoms with van der Waals surface area (Å²) in [5, 5.41) is 26.0. The molecule has 14 nitrogen and oxygen atoms in total. The van der Waals surface area contributed by atoms with Gasteiger partial charge in [-0.15, -0.1) is 0 Å². The van der Waals surface area contributed by atoms with Crippen molar-refractivity contribution >= 4 is 59.1 Å². The molecule has 2 aromatic rings. The molecule has 0 bridgehead atoms. The number of primary amides is 1. The number of nitrogens with one attached hydrogen (secondary N) is 4. The Morgan fingerprint density at radius 3 is 2.13 bits per heavy atom. The van der Waals surface area contributed by atoms with Gasteiger partial charge < -0.3 is 42.6 Å². The van der Waals surface area contributed by atoms with E-state index in [4.69, 9.17) is 16.6 Å². The van der Waals surface area contributed by atoms with E-state index in [9.17, 15) is 33.9 Å². The molecule has 0 aliphatic heterocycles. The fourth-order valence-electron chi connectivity index (χ4n) is 3.58. The predicted octanol–water partition coefficient (Wildman–Crippen LogP) is -1.75. The van der Waals surface area contributed by atoms with Gasteiger partial charge in [0.1, 0.15) is 18.1 Å². The van der Waals surface area contributed by atoms with Crippen LogP contribution in [0.25, 0.3) is 10.9 Å². The summed E-state index contributed by atoms with van der Waals surface area (Å²) in [7, 11) is 0. The molecule has 10 N–H and O–H groups in total. The van der Waals surface area contributed by atoms with E-state index in [0.717, 1.165) is 16.5 Å². The molecule has 1 aromatic heterocycles. The van der Waals surface area contributed by atoms with Crippen LogP contribution in [0.3, 0.4) is 0 Å². The maximum atomic E-state index is 12.8. The Balaban J connectivity index is 2.04. The molecule has 15 heteroatoms. The van der Waals surface area contributed by atoms with Crippen molar-refractivity contribution in [3.8, 4) is 0 Å². The third-order valence-electron chi connectivity index (χ3n) is 5.57. The van der Waals surface area contributed by atoms with Crippen LogP contribution in [0.5, 0.6) is 0 Å². The molecule has 4 atom stereocenters. The Morgan fingerprint density at radius 2 is 1.53 bits per heavy atom. The molecule has 2 rings (SSSR count). The van der Waals surface area contributed by atoms with E-state index >= 15 is 0 Å². The number of aliphatic carboxylic acids is 2. The minimum atomic E-state index is -1.69. The quantitative estimate of drug-likeness (QED) is 0.114. The van der Waals surface area contributed by atoms with Crippen molar-refractivity contribution in [2.45, 2.75) is 49.9 Å². The van der Waals surface area contributed by atoms with Crippen molar-refractivity contribution in [2.24, 2.45) is 11.5 Å². The van der Waals surface area contributed by atoms with Gasteiger partial charge in [0.15, 0.2) is 0 Å². The van der Waals surface area contributed by atoms with E-state index < -0.39 is 66.2 Å². The van der Waals surface area contributed by atoms with Crippen LogP contribution < -0.4 is 27.4 Å². The van der Waals surface area contributed by atoms with Crippen LogP contribution in [0.1, 0.15) is 24.8 Å². The first-order valence-corrected chi connectivity index (χ1v) is 12.1. The third kappa shape index (κ3) is 8.77. The van der Waals surface area contributed by atoms with Crippen molar-refractivity contribution in [1.82, 2.24) is 20.9 Å². The Hall–Kier alpha value is -4.11. The van der Waals surface area contributed by atoms with Crippen molar-refractivity contribution in [2.75, 3.05) is 5.75 Å². The largest absolute Gasteiger partial charge is 0.481 e. The number of benzene rings is 1. The molecule has 0 fully saturated rings. The minimum absolute atomic E-state index is 0.155. The molecule has 4 amide bonds. The number of rotatable bonds is 15. The van der Waals surface area contributed by atoms with Gasteiger partial charge in [-0.3, -0.25) is 24.0 Å². The van der Waals surface area contributed by atoms with E-state index in [1.807, 2.05) is 24.3 Å². The summed E-state index contributed by atoms with van der Waals surface area (Å²) >= 11 is 4.05. The lowest BCUT2D eigenvalue weighted by Crippen LogP contribution is -2.58. The fourth-order valence-corrected chi connectivity index (χ4v) is 3.83. The lowest BCUT2D eigenvalue weighted by atomic mass is 10.0. The monoisotopic (exact) mass is 550 g/mol. The molecule has 38 heavy (non-hydrogen) atoms. The summed E-state index contributed by atoms with van der Waals surface area (Å²) in [5.74, 6) is -6.67. The van der Waals surface area contributed by atoms with E-state index in [1.165, 1.54) is 0 Å². The van der Waals surface area contributed by atoms with Crippen LogP contribution in [0, 0.1) is 0 Å². The highest BCUT2D eigenvalue weighted by molar-refractivity contribution is 7.80. The first-order valence-electron chi connectivity index (χ1n) is 11.5. The molecule has 0 aliphatic carbocycles. The van der Waals surface area contributed by atoms with E-state index in [0.29, 0.717) is 0 Å². The maximum absolute atomic E-state index is 12.8. The molecule has 0 radical (unpaired) electrons. The second-order valence-electron chi connectivity index (χ2n) is 8.48. The number of fused-ring (bicyclic) bond motifs is 1. The average molecular weight is 551 g/mol. The predicted molar refractivity (Wildman–Crippen MR) is 138 cm³/mol. The second kappa shape index (κ2) is 14.0. The normalized spacial score (nSPS) is 14.1. The Kier molecular flexibility index (Phi) is 11.1. The molecule has 4 unspecified atom stereocenters. The zero-order valence-electron chi connectivity index (χ0n) is 20.2. The summed E-state index contributed by atoms with van der Waals surface area (Å²) in [4.78, 5) is 74.8.